The van der Waals surface area contributed by atoms with Gasteiger partial charge in [-0.25, -0.2) is 4.79 Å². The molecule has 134 valence electrons. The summed E-state index contributed by atoms with van der Waals surface area (Å²) in [6, 6.07) is 24.8. The van der Waals surface area contributed by atoms with Crippen LogP contribution in [0.1, 0.15) is 21.5 Å². The number of carbonyl (C=O) groups excluding carboxylic acids is 2. The Hall–Kier alpha value is -3.73. The Bertz CT molecular complexity index is 907. The fraction of sp³-hybridized carbons (Fsp3) is 0.0455. The van der Waals surface area contributed by atoms with Crippen molar-refractivity contribution in [3.05, 3.63) is 102 Å². The molecule has 0 N–H and O–H groups in total. The van der Waals surface area contributed by atoms with Gasteiger partial charge >= 0.3 is 5.97 Å². The van der Waals surface area contributed by atoms with E-state index in [1.54, 1.807) is 12.1 Å². The number of ketones is 1. The standard InChI is InChI=1S/C22H17NO4/c1-26-19-14-12-18(13-15-19)21(24)22(25)27-23-20(16-8-4-2-5-9-16)17-10-6-3-7-11-17/h2-15H,1H3. The van der Waals surface area contributed by atoms with Crippen molar-refractivity contribution in [1.82, 2.24) is 0 Å². The molecule has 27 heavy (non-hydrogen) atoms. The van der Waals surface area contributed by atoms with Crippen LogP contribution < -0.4 is 4.74 Å². The molecule has 0 spiro atoms. The molecule has 3 rings (SSSR count). The number of ether oxygens (including phenoxy) is 1. The van der Waals surface area contributed by atoms with E-state index in [0.29, 0.717) is 11.5 Å². The summed E-state index contributed by atoms with van der Waals surface area (Å²) in [5.74, 6) is -1.24. The molecule has 0 heterocycles. The summed E-state index contributed by atoms with van der Waals surface area (Å²) in [5, 5.41) is 3.97. The molecule has 5 nitrogen and oxygen atoms in total. The van der Waals surface area contributed by atoms with E-state index >= 15 is 0 Å². The van der Waals surface area contributed by atoms with Gasteiger partial charge < -0.3 is 9.57 Å². The highest BCUT2D eigenvalue weighted by Gasteiger charge is 2.19. The maximum absolute atomic E-state index is 12.2. The summed E-state index contributed by atoms with van der Waals surface area (Å²) in [4.78, 5) is 29.4. The van der Waals surface area contributed by atoms with Gasteiger partial charge in [0.05, 0.1) is 7.11 Å². The van der Waals surface area contributed by atoms with Crippen molar-refractivity contribution in [1.29, 1.82) is 0 Å². The van der Waals surface area contributed by atoms with E-state index in [1.165, 1.54) is 19.2 Å². The van der Waals surface area contributed by atoms with E-state index in [1.807, 2.05) is 60.7 Å². The van der Waals surface area contributed by atoms with Crippen molar-refractivity contribution in [3.8, 4) is 5.75 Å². The maximum atomic E-state index is 12.2. The Kier molecular flexibility index (Phi) is 5.74. The number of hydrogen-bond acceptors (Lipinski definition) is 5. The van der Waals surface area contributed by atoms with Crippen LogP contribution in [0.25, 0.3) is 0 Å². The third-order valence-electron chi connectivity index (χ3n) is 3.85. The minimum Gasteiger partial charge on any atom is -0.497 e. The van der Waals surface area contributed by atoms with Crippen LogP contribution in [0.4, 0.5) is 0 Å². The van der Waals surface area contributed by atoms with Gasteiger partial charge in [0.15, 0.2) is 0 Å². The van der Waals surface area contributed by atoms with Gasteiger partial charge in [-0.2, -0.15) is 0 Å². The van der Waals surface area contributed by atoms with Crippen LogP contribution in [0.3, 0.4) is 0 Å². The average molecular weight is 359 g/mol. The monoisotopic (exact) mass is 359 g/mol. The second-order valence-electron chi connectivity index (χ2n) is 5.61. The van der Waals surface area contributed by atoms with Crippen molar-refractivity contribution in [2.75, 3.05) is 7.11 Å². The zero-order valence-electron chi connectivity index (χ0n) is 14.7. The Morgan fingerprint density at radius 1 is 0.704 bits per heavy atom. The molecule has 0 bridgehead atoms. The van der Waals surface area contributed by atoms with Crippen LogP contribution in [0.5, 0.6) is 5.75 Å². The maximum Gasteiger partial charge on any atom is 0.405 e. The number of benzene rings is 3. The summed E-state index contributed by atoms with van der Waals surface area (Å²) in [7, 11) is 1.52. The van der Waals surface area contributed by atoms with Crippen LogP contribution >= 0.6 is 0 Å². The van der Waals surface area contributed by atoms with E-state index in [-0.39, 0.29) is 5.56 Å². The highest BCUT2D eigenvalue weighted by Crippen LogP contribution is 2.14. The van der Waals surface area contributed by atoms with Gasteiger partial charge in [-0.15, -0.1) is 0 Å². The summed E-state index contributed by atoms with van der Waals surface area (Å²) < 4.78 is 5.04. The molecule has 0 aliphatic carbocycles. The second-order valence-corrected chi connectivity index (χ2v) is 5.61. The summed E-state index contributed by atoms with van der Waals surface area (Å²) >= 11 is 0. The number of rotatable bonds is 6. The van der Waals surface area contributed by atoms with E-state index in [4.69, 9.17) is 9.57 Å². The van der Waals surface area contributed by atoms with Crippen LogP contribution in [0.15, 0.2) is 90.1 Å². The summed E-state index contributed by atoms with van der Waals surface area (Å²) in [6.45, 7) is 0. The van der Waals surface area contributed by atoms with Crippen LogP contribution in [0, 0.1) is 0 Å². The van der Waals surface area contributed by atoms with Gasteiger partial charge in [0, 0.05) is 16.7 Å². The molecule has 0 aromatic heterocycles. The molecule has 0 aliphatic heterocycles. The van der Waals surface area contributed by atoms with E-state index in [0.717, 1.165) is 11.1 Å². The van der Waals surface area contributed by atoms with Crippen molar-refractivity contribution in [3.63, 3.8) is 0 Å². The third-order valence-corrected chi connectivity index (χ3v) is 3.85. The molecular formula is C22H17NO4. The van der Waals surface area contributed by atoms with Gasteiger partial charge in [0.1, 0.15) is 11.5 Å². The predicted molar refractivity (Wildman–Crippen MR) is 102 cm³/mol. The van der Waals surface area contributed by atoms with Crippen molar-refractivity contribution in [2.24, 2.45) is 5.16 Å². The van der Waals surface area contributed by atoms with Gasteiger partial charge in [0.25, 0.3) is 5.78 Å². The van der Waals surface area contributed by atoms with Crippen molar-refractivity contribution in [2.45, 2.75) is 0 Å². The third kappa shape index (κ3) is 4.46. The van der Waals surface area contributed by atoms with Gasteiger partial charge in [-0.1, -0.05) is 65.8 Å². The molecule has 5 heteroatoms. The lowest BCUT2D eigenvalue weighted by atomic mass is 10.0. The highest BCUT2D eigenvalue weighted by molar-refractivity contribution is 6.40. The first-order valence-corrected chi connectivity index (χ1v) is 8.27. The molecular weight excluding hydrogens is 342 g/mol. The summed E-state index contributed by atoms with van der Waals surface area (Å²) in [6.07, 6.45) is 0. The molecule has 0 saturated heterocycles. The molecule has 0 aliphatic rings. The Morgan fingerprint density at radius 3 is 1.70 bits per heavy atom. The number of nitrogens with zero attached hydrogens (tertiary/aromatic N) is 1. The normalized spacial score (nSPS) is 9.96. The number of Topliss-reactive ketones (excluding diaryl/α,β-unsaturated/α-hetero) is 1. The first-order chi connectivity index (χ1) is 13.2. The van der Waals surface area contributed by atoms with Crippen molar-refractivity contribution < 1.29 is 19.2 Å². The Morgan fingerprint density at radius 2 is 1.22 bits per heavy atom. The zero-order valence-corrected chi connectivity index (χ0v) is 14.7. The molecule has 0 amide bonds. The Labute approximate surface area is 156 Å². The molecule has 3 aromatic rings. The number of methoxy groups -OCH3 is 1. The topological polar surface area (TPSA) is 65.0 Å². The minimum atomic E-state index is -1.05. The molecule has 0 saturated carbocycles. The SMILES string of the molecule is COc1ccc(C(=O)C(=O)ON=C(c2ccccc2)c2ccccc2)cc1. The van der Waals surface area contributed by atoms with Gasteiger partial charge in [-0.3, -0.25) is 4.79 Å². The quantitative estimate of drug-likeness (QED) is 0.220. The second kappa shape index (κ2) is 8.58. The molecule has 0 unspecified atom stereocenters. The Balaban J connectivity index is 1.83. The lowest BCUT2D eigenvalue weighted by Gasteiger charge is -2.06. The summed E-state index contributed by atoms with van der Waals surface area (Å²) in [5.41, 5.74) is 2.21. The number of carbonyl (C=O) groups is 2. The first-order valence-electron chi connectivity index (χ1n) is 8.27. The van der Waals surface area contributed by atoms with Crippen LogP contribution in [-0.4, -0.2) is 24.6 Å². The van der Waals surface area contributed by atoms with Crippen molar-refractivity contribution >= 4 is 17.5 Å². The minimum absolute atomic E-state index is 0.206. The smallest absolute Gasteiger partial charge is 0.405 e. The predicted octanol–water partition coefficient (Wildman–Crippen LogP) is 3.87. The van der Waals surface area contributed by atoms with Gasteiger partial charge in [0.2, 0.25) is 0 Å². The molecule has 0 atom stereocenters. The fourth-order valence-electron chi connectivity index (χ4n) is 2.45. The van der Waals surface area contributed by atoms with Gasteiger partial charge in [-0.05, 0) is 24.3 Å². The van der Waals surface area contributed by atoms with E-state index < -0.39 is 11.8 Å². The van der Waals surface area contributed by atoms with Crippen LogP contribution in [-0.2, 0) is 9.63 Å². The highest BCUT2D eigenvalue weighted by atomic mass is 16.7. The number of oxime groups is 1. The lowest BCUT2D eigenvalue weighted by Crippen LogP contribution is -2.16. The van der Waals surface area contributed by atoms with Crippen LogP contribution in [0.2, 0.25) is 0 Å². The average Bonchev–Trinajstić information content (AvgIpc) is 2.75. The molecule has 0 fully saturated rings. The molecule has 0 radical (unpaired) electrons. The lowest BCUT2D eigenvalue weighted by molar-refractivity contribution is -0.138. The largest absolute Gasteiger partial charge is 0.497 e. The fourth-order valence-corrected chi connectivity index (χ4v) is 2.45. The molecule has 3 aromatic carbocycles. The number of hydrogen-bond donors (Lipinski definition) is 0. The van der Waals surface area contributed by atoms with E-state index in [9.17, 15) is 9.59 Å². The first kappa shape index (κ1) is 18.1. The van der Waals surface area contributed by atoms with E-state index in [2.05, 4.69) is 5.16 Å². The zero-order chi connectivity index (χ0) is 19.1.